The third-order valence-corrected chi connectivity index (χ3v) is 2.03. The Bertz CT molecular complexity index is 429. The van der Waals surface area contributed by atoms with Crippen molar-refractivity contribution in [2.24, 2.45) is 0 Å². The van der Waals surface area contributed by atoms with Gasteiger partial charge in [0.1, 0.15) is 0 Å². The third kappa shape index (κ3) is 5.67. The Morgan fingerprint density at radius 1 is 1.18 bits per heavy atom. The number of carbonyl (C=O) groups is 1. The number of thiocarbonyl (C=S) groups is 1. The minimum absolute atomic E-state index is 0.0151. The lowest BCUT2D eigenvalue weighted by Crippen LogP contribution is -2.39. The summed E-state index contributed by atoms with van der Waals surface area (Å²) in [7, 11) is 0. The average Bonchev–Trinajstić information content (AvgIpc) is 2.27. The number of carbonyl (C=O) groups excluding carboxylic acids is 1. The van der Waals surface area contributed by atoms with Crippen molar-refractivity contribution in [3.05, 3.63) is 42.1 Å². The highest BCUT2D eigenvalue weighted by molar-refractivity contribution is 7.80. The summed E-state index contributed by atoms with van der Waals surface area (Å²) >= 11 is 5.07. The molecular formula is C12H15N3OS. The molecule has 0 saturated carbocycles. The standard InChI is InChI=1S/C12H15N3OS/c1-9(8-10(2)16)14-15-12(17)13-11-6-4-3-5-7-11/h3-8,14H,1-2H3,(H2,13,15,17)/b9-8+. The highest BCUT2D eigenvalue weighted by Crippen LogP contribution is 2.03. The number of rotatable bonds is 4. The minimum atomic E-state index is -0.0151. The summed E-state index contributed by atoms with van der Waals surface area (Å²) < 4.78 is 0. The van der Waals surface area contributed by atoms with Crippen LogP contribution >= 0.6 is 12.2 Å². The van der Waals surface area contributed by atoms with Crippen molar-refractivity contribution in [1.82, 2.24) is 10.9 Å². The number of hydrogen-bond acceptors (Lipinski definition) is 3. The van der Waals surface area contributed by atoms with Crippen LogP contribution in [-0.2, 0) is 4.79 Å². The fraction of sp³-hybridized carbons (Fsp3) is 0.167. The molecule has 1 aromatic carbocycles. The number of allylic oxidation sites excluding steroid dienone is 2. The first-order valence-electron chi connectivity index (χ1n) is 5.15. The van der Waals surface area contributed by atoms with Crippen LogP contribution in [0.4, 0.5) is 5.69 Å². The number of anilines is 1. The first-order valence-corrected chi connectivity index (χ1v) is 5.55. The molecule has 1 rings (SSSR count). The van der Waals surface area contributed by atoms with Crippen LogP contribution in [0.5, 0.6) is 0 Å². The summed E-state index contributed by atoms with van der Waals surface area (Å²) in [6, 6.07) is 9.58. The molecule has 90 valence electrons. The van der Waals surface area contributed by atoms with E-state index in [0.29, 0.717) is 10.8 Å². The SMILES string of the molecule is CC(=O)/C=C(\C)NNC(=S)Nc1ccccc1. The van der Waals surface area contributed by atoms with E-state index in [0.717, 1.165) is 5.69 Å². The smallest absolute Gasteiger partial charge is 0.189 e. The minimum Gasteiger partial charge on any atom is -0.331 e. The Balaban J connectivity index is 2.39. The Labute approximate surface area is 106 Å². The molecule has 0 atom stereocenters. The zero-order valence-corrected chi connectivity index (χ0v) is 10.6. The number of para-hydroxylation sites is 1. The van der Waals surface area contributed by atoms with Gasteiger partial charge in [0.25, 0.3) is 0 Å². The summed E-state index contributed by atoms with van der Waals surface area (Å²) in [6.07, 6.45) is 1.48. The van der Waals surface area contributed by atoms with Gasteiger partial charge in [0, 0.05) is 17.5 Å². The number of ketones is 1. The zero-order valence-electron chi connectivity index (χ0n) is 9.78. The van der Waals surface area contributed by atoms with Crippen molar-refractivity contribution in [2.75, 3.05) is 5.32 Å². The quantitative estimate of drug-likeness (QED) is 0.433. The van der Waals surface area contributed by atoms with Gasteiger partial charge in [-0.15, -0.1) is 0 Å². The maximum absolute atomic E-state index is 10.8. The van der Waals surface area contributed by atoms with Crippen molar-refractivity contribution >= 4 is 28.8 Å². The number of benzene rings is 1. The maximum Gasteiger partial charge on any atom is 0.189 e. The predicted octanol–water partition coefficient (Wildman–Crippen LogP) is 1.97. The summed E-state index contributed by atoms with van der Waals surface area (Å²) in [5, 5.41) is 3.43. The van der Waals surface area contributed by atoms with Gasteiger partial charge in [-0.3, -0.25) is 10.2 Å². The molecule has 1 aromatic rings. The number of hydrogen-bond donors (Lipinski definition) is 3. The molecule has 0 radical (unpaired) electrons. The fourth-order valence-electron chi connectivity index (χ4n) is 1.18. The molecule has 0 heterocycles. The summed E-state index contributed by atoms with van der Waals surface area (Å²) in [6.45, 7) is 3.27. The second kappa shape index (κ2) is 6.65. The van der Waals surface area contributed by atoms with Gasteiger partial charge in [-0.25, -0.2) is 0 Å². The highest BCUT2D eigenvalue weighted by Gasteiger charge is 1.96. The number of hydrazine groups is 1. The monoisotopic (exact) mass is 249 g/mol. The Morgan fingerprint density at radius 2 is 1.82 bits per heavy atom. The molecule has 0 bridgehead atoms. The molecule has 3 N–H and O–H groups in total. The van der Waals surface area contributed by atoms with Crippen LogP contribution < -0.4 is 16.2 Å². The van der Waals surface area contributed by atoms with Gasteiger partial charge < -0.3 is 10.7 Å². The van der Waals surface area contributed by atoms with Gasteiger partial charge in [-0.2, -0.15) is 0 Å². The molecule has 4 nitrogen and oxygen atoms in total. The van der Waals surface area contributed by atoms with Crippen LogP contribution in [0.2, 0.25) is 0 Å². The lowest BCUT2D eigenvalue weighted by Gasteiger charge is -2.12. The second-order valence-corrected chi connectivity index (χ2v) is 3.92. The van der Waals surface area contributed by atoms with Gasteiger partial charge in [0.15, 0.2) is 10.9 Å². The van der Waals surface area contributed by atoms with Gasteiger partial charge in [-0.05, 0) is 38.2 Å². The molecule has 17 heavy (non-hydrogen) atoms. The molecule has 0 spiro atoms. The van der Waals surface area contributed by atoms with E-state index in [1.165, 1.54) is 13.0 Å². The van der Waals surface area contributed by atoms with Gasteiger partial charge >= 0.3 is 0 Å². The highest BCUT2D eigenvalue weighted by atomic mass is 32.1. The van der Waals surface area contributed by atoms with E-state index in [1.54, 1.807) is 6.92 Å². The molecular weight excluding hydrogens is 234 g/mol. The van der Waals surface area contributed by atoms with Crippen LogP contribution in [0.1, 0.15) is 13.8 Å². The van der Waals surface area contributed by atoms with Crippen LogP contribution in [0.15, 0.2) is 42.1 Å². The van der Waals surface area contributed by atoms with Crippen molar-refractivity contribution in [3.63, 3.8) is 0 Å². The topological polar surface area (TPSA) is 53.2 Å². The molecule has 0 fully saturated rings. The fourth-order valence-corrected chi connectivity index (χ4v) is 1.35. The zero-order chi connectivity index (χ0) is 12.7. The van der Waals surface area contributed by atoms with Crippen molar-refractivity contribution in [1.29, 1.82) is 0 Å². The lowest BCUT2D eigenvalue weighted by atomic mass is 10.3. The van der Waals surface area contributed by atoms with Crippen LogP contribution in [0, 0.1) is 0 Å². The van der Waals surface area contributed by atoms with Crippen molar-refractivity contribution in [3.8, 4) is 0 Å². The Hall–Kier alpha value is -1.88. The predicted molar refractivity (Wildman–Crippen MR) is 73.4 cm³/mol. The molecule has 0 aliphatic rings. The normalized spacial score (nSPS) is 10.6. The first kappa shape index (κ1) is 13.2. The summed E-state index contributed by atoms with van der Waals surface area (Å²) in [5.41, 5.74) is 7.21. The van der Waals surface area contributed by atoms with Gasteiger partial charge in [0.05, 0.1) is 0 Å². The Morgan fingerprint density at radius 3 is 2.41 bits per heavy atom. The molecule has 0 aliphatic heterocycles. The molecule has 5 heteroatoms. The molecule has 0 unspecified atom stereocenters. The molecule has 0 saturated heterocycles. The molecule has 0 aliphatic carbocycles. The van der Waals surface area contributed by atoms with E-state index in [1.807, 2.05) is 30.3 Å². The second-order valence-electron chi connectivity index (χ2n) is 3.51. The first-order chi connectivity index (χ1) is 8.08. The summed E-state index contributed by atoms with van der Waals surface area (Å²) in [5.74, 6) is -0.0151. The van der Waals surface area contributed by atoms with E-state index in [2.05, 4.69) is 16.2 Å². The largest absolute Gasteiger partial charge is 0.331 e. The lowest BCUT2D eigenvalue weighted by molar-refractivity contribution is -0.112. The van der Waals surface area contributed by atoms with Crippen LogP contribution in [0.25, 0.3) is 0 Å². The molecule has 0 aromatic heterocycles. The number of nitrogens with one attached hydrogen (secondary N) is 3. The van der Waals surface area contributed by atoms with E-state index in [9.17, 15) is 4.79 Å². The van der Waals surface area contributed by atoms with E-state index in [4.69, 9.17) is 12.2 Å². The van der Waals surface area contributed by atoms with Crippen LogP contribution in [-0.4, -0.2) is 10.9 Å². The van der Waals surface area contributed by atoms with E-state index >= 15 is 0 Å². The van der Waals surface area contributed by atoms with Crippen molar-refractivity contribution < 1.29 is 4.79 Å². The van der Waals surface area contributed by atoms with Gasteiger partial charge in [-0.1, -0.05) is 18.2 Å². The Kier molecular flexibility index (Phi) is 5.16. The third-order valence-electron chi connectivity index (χ3n) is 1.82. The van der Waals surface area contributed by atoms with Crippen LogP contribution in [0.3, 0.4) is 0 Å². The summed E-state index contributed by atoms with van der Waals surface area (Å²) in [4.78, 5) is 10.8. The van der Waals surface area contributed by atoms with E-state index < -0.39 is 0 Å². The average molecular weight is 249 g/mol. The maximum atomic E-state index is 10.8. The van der Waals surface area contributed by atoms with Gasteiger partial charge in [0.2, 0.25) is 0 Å². The molecule has 0 amide bonds. The van der Waals surface area contributed by atoms with Crippen molar-refractivity contribution in [2.45, 2.75) is 13.8 Å². The van der Waals surface area contributed by atoms with E-state index in [-0.39, 0.29) is 5.78 Å².